The van der Waals surface area contributed by atoms with Crippen LogP contribution in [-0.4, -0.2) is 41.0 Å². The summed E-state index contributed by atoms with van der Waals surface area (Å²) in [6.07, 6.45) is -0.622. The Labute approximate surface area is 135 Å². The predicted molar refractivity (Wildman–Crippen MR) is 88.4 cm³/mol. The van der Waals surface area contributed by atoms with E-state index in [9.17, 15) is 9.90 Å². The van der Waals surface area contributed by atoms with Crippen LogP contribution in [0.15, 0.2) is 30.3 Å². The summed E-state index contributed by atoms with van der Waals surface area (Å²) in [4.78, 5) is 12.2. The van der Waals surface area contributed by atoms with Gasteiger partial charge in [-0.25, -0.2) is 0 Å². The van der Waals surface area contributed by atoms with Gasteiger partial charge < -0.3 is 15.2 Å². The second kappa shape index (κ2) is 6.83. The van der Waals surface area contributed by atoms with Gasteiger partial charge in [0.25, 0.3) is 5.91 Å². The molecule has 0 fully saturated rings. The zero-order chi connectivity index (χ0) is 17.0. The maximum Gasteiger partial charge on any atom is 0.269 e. The minimum absolute atomic E-state index is 0.186. The SMILES string of the molecule is COc1ccccc1-c1cc(C(=O)NCC(O)C(C)(C)C)[nH]n1. The highest BCUT2D eigenvalue weighted by Gasteiger charge is 2.23. The van der Waals surface area contributed by atoms with Crippen molar-refractivity contribution in [3.05, 3.63) is 36.0 Å². The number of aliphatic hydroxyl groups is 1. The van der Waals surface area contributed by atoms with Gasteiger partial charge in [0, 0.05) is 12.1 Å². The lowest BCUT2D eigenvalue weighted by molar-refractivity contribution is 0.0585. The van der Waals surface area contributed by atoms with Gasteiger partial charge in [-0.3, -0.25) is 9.89 Å². The normalized spacial score (nSPS) is 12.7. The van der Waals surface area contributed by atoms with Gasteiger partial charge in [-0.2, -0.15) is 5.10 Å². The fourth-order valence-corrected chi connectivity index (χ4v) is 2.02. The van der Waals surface area contributed by atoms with Gasteiger partial charge in [0.1, 0.15) is 11.4 Å². The van der Waals surface area contributed by atoms with Crippen molar-refractivity contribution in [1.82, 2.24) is 15.5 Å². The van der Waals surface area contributed by atoms with Gasteiger partial charge >= 0.3 is 0 Å². The Morgan fingerprint density at radius 1 is 1.39 bits per heavy atom. The number of hydrogen-bond donors (Lipinski definition) is 3. The van der Waals surface area contributed by atoms with Crippen molar-refractivity contribution < 1.29 is 14.6 Å². The Bertz CT molecular complexity index is 674. The molecule has 124 valence electrons. The van der Waals surface area contributed by atoms with Crippen LogP contribution in [0.5, 0.6) is 5.75 Å². The van der Waals surface area contributed by atoms with E-state index in [1.165, 1.54) is 0 Å². The van der Waals surface area contributed by atoms with Crippen LogP contribution in [0.2, 0.25) is 0 Å². The molecular weight excluding hydrogens is 294 g/mol. The van der Waals surface area contributed by atoms with Crippen LogP contribution in [0.25, 0.3) is 11.3 Å². The Morgan fingerprint density at radius 2 is 2.09 bits per heavy atom. The molecule has 3 N–H and O–H groups in total. The zero-order valence-electron chi connectivity index (χ0n) is 13.9. The third-order valence-corrected chi connectivity index (χ3v) is 3.66. The fraction of sp³-hybridized carbons (Fsp3) is 0.412. The Balaban J connectivity index is 2.08. The Morgan fingerprint density at radius 3 is 2.74 bits per heavy atom. The summed E-state index contributed by atoms with van der Waals surface area (Å²) in [5.41, 5.74) is 1.49. The predicted octanol–water partition coefficient (Wildman–Crippen LogP) is 2.22. The first-order valence-corrected chi connectivity index (χ1v) is 7.48. The second-order valence-corrected chi connectivity index (χ2v) is 6.46. The molecule has 0 saturated carbocycles. The fourth-order valence-electron chi connectivity index (χ4n) is 2.02. The third kappa shape index (κ3) is 4.10. The molecule has 2 rings (SSSR count). The number of rotatable bonds is 5. The summed E-state index contributed by atoms with van der Waals surface area (Å²) in [7, 11) is 1.59. The number of para-hydroxylation sites is 1. The molecule has 6 heteroatoms. The number of aromatic nitrogens is 2. The van der Waals surface area contributed by atoms with E-state index in [1.807, 2.05) is 45.0 Å². The average Bonchev–Trinajstić information content (AvgIpc) is 3.01. The molecule has 1 amide bonds. The zero-order valence-corrected chi connectivity index (χ0v) is 13.9. The number of nitrogens with zero attached hydrogens (tertiary/aromatic N) is 1. The van der Waals surface area contributed by atoms with Crippen LogP contribution >= 0.6 is 0 Å². The highest BCUT2D eigenvalue weighted by molar-refractivity contribution is 5.93. The summed E-state index contributed by atoms with van der Waals surface area (Å²) in [6.45, 7) is 5.94. The van der Waals surface area contributed by atoms with Crippen LogP contribution in [0.3, 0.4) is 0 Å². The maximum atomic E-state index is 12.2. The van der Waals surface area contributed by atoms with Gasteiger partial charge in [0.2, 0.25) is 0 Å². The number of aromatic amines is 1. The Kier molecular flexibility index (Phi) is 5.05. The van der Waals surface area contributed by atoms with Gasteiger partial charge in [0.15, 0.2) is 0 Å². The molecular formula is C17H23N3O3. The van der Waals surface area contributed by atoms with E-state index < -0.39 is 6.10 Å². The summed E-state index contributed by atoms with van der Waals surface area (Å²) < 4.78 is 5.30. The molecule has 0 spiro atoms. The number of benzene rings is 1. The molecule has 1 aromatic carbocycles. The van der Waals surface area contributed by atoms with Crippen LogP contribution in [0.4, 0.5) is 0 Å². The highest BCUT2D eigenvalue weighted by Crippen LogP contribution is 2.28. The van der Waals surface area contributed by atoms with Gasteiger partial charge in [-0.15, -0.1) is 0 Å². The third-order valence-electron chi connectivity index (χ3n) is 3.66. The van der Waals surface area contributed by atoms with E-state index in [1.54, 1.807) is 13.2 Å². The molecule has 0 bridgehead atoms. The van der Waals surface area contributed by atoms with Crippen molar-refractivity contribution >= 4 is 5.91 Å². The molecule has 0 aliphatic carbocycles. The smallest absolute Gasteiger partial charge is 0.269 e. The maximum absolute atomic E-state index is 12.2. The molecule has 0 radical (unpaired) electrons. The van der Waals surface area contributed by atoms with Crippen molar-refractivity contribution in [1.29, 1.82) is 0 Å². The Hall–Kier alpha value is -2.34. The van der Waals surface area contributed by atoms with Crippen molar-refractivity contribution in [2.45, 2.75) is 26.9 Å². The van der Waals surface area contributed by atoms with Crippen LogP contribution < -0.4 is 10.1 Å². The first kappa shape index (κ1) is 17.0. The standard InChI is InChI=1S/C17H23N3O3/c1-17(2,3)15(21)10-18-16(22)13-9-12(19-20-13)11-7-5-6-8-14(11)23-4/h5-9,15,21H,10H2,1-4H3,(H,18,22)(H,19,20). The molecule has 6 nitrogen and oxygen atoms in total. The minimum Gasteiger partial charge on any atom is -0.496 e. The van der Waals surface area contributed by atoms with Crippen molar-refractivity contribution in [3.63, 3.8) is 0 Å². The number of aliphatic hydroxyl groups excluding tert-OH is 1. The quantitative estimate of drug-likeness (QED) is 0.789. The molecule has 1 atom stereocenters. The van der Waals surface area contributed by atoms with Gasteiger partial charge in [-0.05, 0) is 23.6 Å². The monoisotopic (exact) mass is 317 g/mol. The minimum atomic E-state index is -0.622. The summed E-state index contributed by atoms with van der Waals surface area (Å²) in [5, 5.41) is 19.6. The molecule has 1 heterocycles. The van der Waals surface area contributed by atoms with Crippen molar-refractivity contribution in [2.24, 2.45) is 5.41 Å². The number of ether oxygens (including phenoxy) is 1. The topological polar surface area (TPSA) is 87.2 Å². The number of nitrogens with one attached hydrogen (secondary N) is 2. The van der Waals surface area contributed by atoms with E-state index in [0.29, 0.717) is 17.1 Å². The lowest BCUT2D eigenvalue weighted by atomic mass is 9.89. The molecule has 1 unspecified atom stereocenters. The number of carbonyl (C=O) groups is 1. The number of H-pyrrole nitrogens is 1. The molecule has 23 heavy (non-hydrogen) atoms. The summed E-state index contributed by atoms with van der Waals surface area (Å²) in [5.74, 6) is 0.385. The van der Waals surface area contributed by atoms with Crippen LogP contribution in [0, 0.1) is 5.41 Å². The first-order valence-electron chi connectivity index (χ1n) is 7.48. The van der Waals surface area contributed by atoms with E-state index in [0.717, 1.165) is 5.56 Å². The molecule has 0 aliphatic heterocycles. The lowest BCUT2D eigenvalue weighted by Crippen LogP contribution is -2.39. The molecule has 0 aliphatic rings. The largest absolute Gasteiger partial charge is 0.496 e. The van der Waals surface area contributed by atoms with E-state index in [2.05, 4.69) is 15.5 Å². The van der Waals surface area contributed by atoms with E-state index in [4.69, 9.17) is 4.74 Å². The van der Waals surface area contributed by atoms with Crippen LogP contribution in [0.1, 0.15) is 31.3 Å². The number of amides is 1. The van der Waals surface area contributed by atoms with E-state index >= 15 is 0 Å². The molecule has 0 saturated heterocycles. The number of carbonyl (C=O) groups excluding carboxylic acids is 1. The summed E-state index contributed by atoms with van der Waals surface area (Å²) >= 11 is 0. The summed E-state index contributed by atoms with van der Waals surface area (Å²) in [6, 6.07) is 9.13. The highest BCUT2D eigenvalue weighted by atomic mass is 16.5. The molecule has 2 aromatic rings. The number of hydrogen-bond acceptors (Lipinski definition) is 4. The number of methoxy groups -OCH3 is 1. The second-order valence-electron chi connectivity index (χ2n) is 6.46. The van der Waals surface area contributed by atoms with E-state index in [-0.39, 0.29) is 17.9 Å². The first-order chi connectivity index (χ1) is 10.8. The lowest BCUT2D eigenvalue weighted by Gasteiger charge is -2.25. The van der Waals surface area contributed by atoms with Gasteiger partial charge in [0.05, 0.1) is 18.9 Å². The van der Waals surface area contributed by atoms with Crippen LogP contribution in [-0.2, 0) is 0 Å². The van der Waals surface area contributed by atoms with Gasteiger partial charge in [-0.1, -0.05) is 32.9 Å². The molecule has 1 aromatic heterocycles. The van der Waals surface area contributed by atoms with Crippen molar-refractivity contribution in [3.8, 4) is 17.0 Å². The average molecular weight is 317 g/mol. The van der Waals surface area contributed by atoms with Crippen molar-refractivity contribution in [2.75, 3.05) is 13.7 Å².